The monoisotopic (exact) mass is 464 g/mol. The third kappa shape index (κ3) is 5.35. The molecule has 0 aromatic heterocycles. The van der Waals surface area contributed by atoms with Crippen LogP contribution < -0.4 is 9.47 Å². The van der Waals surface area contributed by atoms with Crippen molar-refractivity contribution < 1.29 is 23.8 Å². The fraction of sp³-hybridized carbons (Fsp3) is 0.517. The van der Waals surface area contributed by atoms with Gasteiger partial charge in [-0.2, -0.15) is 0 Å². The van der Waals surface area contributed by atoms with Crippen LogP contribution in [0.15, 0.2) is 36.4 Å². The fourth-order valence-electron chi connectivity index (χ4n) is 5.20. The molecule has 0 amide bonds. The lowest BCUT2D eigenvalue weighted by atomic mass is 9.85. The normalized spacial score (nSPS) is 21.6. The van der Waals surface area contributed by atoms with Crippen LogP contribution in [0.4, 0.5) is 0 Å². The van der Waals surface area contributed by atoms with Crippen molar-refractivity contribution in [2.45, 2.75) is 83.3 Å². The van der Waals surface area contributed by atoms with E-state index in [9.17, 15) is 9.59 Å². The summed E-state index contributed by atoms with van der Waals surface area (Å²) < 4.78 is 17.4. The molecular formula is C29H36O5. The number of benzene rings is 2. The topological polar surface area (TPSA) is 61.8 Å². The molecule has 5 nitrogen and oxygen atoms in total. The standard InChI is InChI=1S/C29H36O5/c1-4-26(30)24-17-21(27(31)14-6-5-11-22-12-7-8-15-33-22)18-25-28(19(2)34-29(24)25)20-10-9-13-23(16-20)32-3/h9-10,13,16-19,22,28H,4-8,11-12,14-15H2,1-3H3/t19-,22-,28+/m1/s1. The van der Waals surface area contributed by atoms with Gasteiger partial charge in [0.25, 0.3) is 0 Å². The first kappa shape index (κ1) is 24.5. The molecule has 0 spiro atoms. The van der Waals surface area contributed by atoms with E-state index in [0.717, 1.165) is 55.6 Å². The molecule has 0 unspecified atom stereocenters. The van der Waals surface area contributed by atoms with E-state index in [1.807, 2.05) is 44.2 Å². The van der Waals surface area contributed by atoms with Crippen LogP contribution in [0, 0.1) is 0 Å². The summed E-state index contributed by atoms with van der Waals surface area (Å²) in [5.41, 5.74) is 3.10. The van der Waals surface area contributed by atoms with Gasteiger partial charge in [0, 0.05) is 36.5 Å². The number of carbonyl (C=O) groups is 2. The minimum Gasteiger partial charge on any atom is -0.497 e. The van der Waals surface area contributed by atoms with Crippen molar-refractivity contribution in [3.63, 3.8) is 0 Å². The lowest BCUT2D eigenvalue weighted by Gasteiger charge is -2.22. The third-order valence-corrected chi connectivity index (χ3v) is 7.08. The van der Waals surface area contributed by atoms with Crippen LogP contribution in [0.5, 0.6) is 11.5 Å². The zero-order valence-corrected chi connectivity index (χ0v) is 20.6. The molecule has 3 atom stereocenters. The maximum Gasteiger partial charge on any atom is 0.166 e. The van der Waals surface area contributed by atoms with Crippen LogP contribution in [0.2, 0.25) is 0 Å². The molecule has 1 saturated heterocycles. The van der Waals surface area contributed by atoms with Crippen molar-refractivity contribution in [1.29, 1.82) is 0 Å². The first-order valence-electron chi connectivity index (χ1n) is 12.7. The van der Waals surface area contributed by atoms with Gasteiger partial charge in [0.15, 0.2) is 11.6 Å². The first-order chi connectivity index (χ1) is 16.5. The van der Waals surface area contributed by atoms with E-state index in [4.69, 9.17) is 14.2 Å². The van der Waals surface area contributed by atoms with E-state index in [0.29, 0.717) is 35.8 Å². The average molecular weight is 465 g/mol. The number of methoxy groups -OCH3 is 1. The predicted molar refractivity (Wildman–Crippen MR) is 132 cm³/mol. The molecule has 4 rings (SSSR count). The molecule has 2 aromatic rings. The highest BCUT2D eigenvalue weighted by Gasteiger charge is 2.36. The number of hydrogen-bond donors (Lipinski definition) is 0. The van der Waals surface area contributed by atoms with Gasteiger partial charge < -0.3 is 14.2 Å². The van der Waals surface area contributed by atoms with Gasteiger partial charge in [0.05, 0.1) is 18.8 Å². The van der Waals surface area contributed by atoms with Gasteiger partial charge in [-0.3, -0.25) is 9.59 Å². The Balaban J connectivity index is 1.56. The van der Waals surface area contributed by atoms with E-state index in [-0.39, 0.29) is 23.6 Å². The van der Waals surface area contributed by atoms with Gasteiger partial charge in [0.1, 0.15) is 17.6 Å². The third-order valence-electron chi connectivity index (χ3n) is 7.08. The smallest absolute Gasteiger partial charge is 0.166 e. The zero-order chi connectivity index (χ0) is 24.1. The molecule has 0 bridgehead atoms. The van der Waals surface area contributed by atoms with E-state index in [1.54, 1.807) is 13.2 Å². The highest BCUT2D eigenvalue weighted by molar-refractivity contribution is 6.04. The van der Waals surface area contributed by atoms with Crippen molar-refractivity contribution in [3.8, 4) is 11.5 Å². The lowest BCUT2D eigenvalue weighted by Crippen LogP contribution is -2.18. The molecule has 0 aliphatic carbocycles. The van der Waals surface area contributed by atoms with Crippen molar-refractivity contribution >= 4 is 11.6 Å². The number of fused-ring (bicyclic) bond motifs is 1. The maximum atomic E-state index is 13.2. The molecule has 2 heterocycles. The van der Waals surface area contributed by atoms with E-state index in [2.05, 4.69) is 0 Å². The molecule has 34 heavy (non-hydrogen) atoms. The minimum atomic E-state index is -0.147. The van der Waals surface area contributed by atoms with Gasteiger partial charge in [-0.15, -0.1) is 0 Å². The number of unbranched alkanes of at least 4 members (excludes halogenated alkanes) is 1. The average Bonchev–Trinajstić information content (AvgIpc) is 3.21. The second-order valence-electron chi connectivity index (χ2n) is 9.45. The Morgan fingerprint density at radius 1 is 1.09 bits per heavy atom. The largest absolute Gasteiger partial charge is 0.497 e. The van der Waals surface area contributed by atoms with Crippen LogP contribution >= 0.6 is 0 Å². The first-order valence-corrected chi connectivity index (χ1v) is 12.7. The Morgan fingerprint density at radius 3 is 2.68 bits per heavy atom. The molecule has 1 fully saturated rings. The van der Waals surface area contributed by atoms with Gasteiger partial charge >= 0.3 is 0 Å². The van der Waals surface area contributed by atoms with Gasteiger partial charge in [-0.1, -0.05) is 25.5 Å². The fourth-order valence-corrected chi connectivity index (χ4v) is 5.20. The highest BCUT2D eigenvalue weighted by atomic mass is 16.5. The van der Waals surface area contributed by atoms with Crippen LogP contribution in [-0.4, -0.2) is 37.5 Å². The SMILES string of the molecule is CCC(=O)c1cc(C(=O)CCCC[C@@H]2CCCCO2)cc2c1O[C@H](C)[C@H]2c1cccc(OC)c1. The minimum absolute atomic E-state index is 0.00107. The van der Waals surface area contributed by atoms with Crippen LogP contribution in [-0.2, 0) is 4.74 Å². The number of carbonyl (C=O) groups excluding carboxylic acids is 2. The lowest BCUT2D eigenvalue weighted by molar-refractivity contribution is 0.00979. The summed E-state index contributed by atoms with van der Waals surface area (Å²) in [6, 6.07) is 11.6. The number of hydrogen-bond acceptors (Lipinski definition) is 5. The quantitative estimate of drug-likeness (QED) is 0.296. The molecular weight excluding hydrogens is 428 g/mol. The molecule has 2 aliphatic rings. The van der Waals surface area contributed by atoms with Crippen molar-refractivity contribution in [3.05, 3.63) is 58.7 Å². The summed E-state index contributed by atoms with van der Waals surface area (Å²) in [7, 11) is 1.65. The van der Waals surface area contributed by atoms with Crippen molar-refractivity contribution in [1.82, 2.24) is 0 Å². The Hall–Kier alpha value is -2.66. The Bertz CT molecular complexity index is 1020. The maximum absolute atomic E-state index is 13.2. The van der Waals surface area contributed by atoms with Crippen LogP contribution in [0.25, 0.3) is 0 Å². The molecule has 2 aromatic carbocycles. The van der Waals surface area contributed by atoms with Crippen LogP contribution in [0.3, 0.4) is 0 Å². The van der Waals surface area contributed by atoms with E-state index < -0.39 is 0 Å². The molecule has 0 saturated carbocycles. The molecule has 0 N–H and O–H groups in total. The Labute approximate surface area is 202 Å². The number of ether oxygens (including phenoxy) is 3. The van der Waals surface area contributed by atoms with Crippen LogP contribution in [0.1, 0.15) is 103 Å². The van der Waals surface area contributed by atoms with E-state index >= 15 is 0 Å². The summed E-state index contributed by atoms with van der Waals surface area (Å²) in [6.45, 7) is 4.72. The predicted octanol–water partition coefficient (Wildman–Crippen LogP) is 6.51. The summed E-state index contributed by atoms with van der Waals surface area (Å²) in [4.78, 5) is 26.0. The summed E-state index contributed by atoms with van der Waals surface area (Å²) in [5, 5.41) is 0. The van der Waals surface area contributed by atoms with E-state index in [1.165, 1.54) is 6.42 Å². The molecule has 182 valence electrons. The highest BCUT2D eigenvalue weighted by Crippen LogP contribution is 2.46. The van der Waals surface area contributed by atoms with Crippen molar-refractivity contribution in [2.24, 2.45) is 0 Å². The van der Waals surface area contributed by atoms with Gasteiger partial charge in [0.2, 0.25) is 0 Å². The molecule has 5 heteroatoms. The van der Waals surface area contributed by atoms with Crippen molar-refractivity contribution in [2.75, 3.05) is 13.7 Å². The number of ketones is 2. The number of Topliss-reactive ketones (excluding diaryl/α,β-unsaturated/α-hetero) is 2. The second-order valence-corrected chi connectivity index (χ2v) is 9.45. The summed E-state index contributed by atoms with van der Waals surface area (Å²) >= 11 is 0. The summed E-state index contributed by atoms with van der Waals surface area (Å²) in [5.74, 6) is 1.42. The second kappa shape index (κ2) is 11.2. The summed E-state index contributed by atoms with van der Waals surface area (Å²) in [6.07, 6.45) is 7.40. The zero-order valence-electron chi connectivity index (χ0n) is 20.6. The van der Waals surface area contributed by atoms with Gasteiger partial charge in [-0.05, 0) is 68.9 Å². The molecule has 0 radical (unpaired) electrons. The number of rotatable bonds is 10. The Morgan fingerprint density at radius 2 is 1.94 bits per heavy atom. The van der Waals surface area contributed by atoms with Gasteiger partial charge in [-0.25, -0.2) is 0 Å². The Kier molecular flexibility index (Phi) is 8.04. The molecule has 2 aliphatic heterocycles.